The van der Waals surface area contributed by atoms with E-state index in [-0.39, 0.29) is 17.6 Å². The minimum absolute atomic E-state index is 0.0250. The van der Waals surface area contributed by atoms with Crippen LogP contribution in [0.2, 0.25) is 0 Å². The average Bonchev–Trinajstić information content (AvgIpc) is 3.29. The van der Waals surface area contributed by atoms with Crippen molar-refractivity contribution in [3.8, 4) is 10.4 Å². The molecule has 0 radical (unpaired) electrons. The SMILES string of the molecule is CN1C(=O)C[C@H](c2ccccc2)[C@@H]1C(=O)c1ccc(-c2ccccc2)s1. The van der Waals surface area contributed by atoms with Crippen molar-refractivity contribution in [3.05, 3.63) is 83.2 Å². The van der Waals surface area contributed by atoms with Gasteiger partial charge in [-0.25, -0.2) is 0 Å². The predicted molar refractivity (Wildman–Crippen MR) is 104 cm³/mol. The summed E-state index contributed by atoms with van der Waals surface area (Å²) in [5.74, 6) is -0.0418. The smallest absolute Gasteiger partial charge is 0.223 e. The largest absolute Gasteiger partial charge is 0.335 e. The molecule has 3 aromatic rings. The van der Waals surface area contributed by atoms with Crippen LogP contribution in [0.5, 0.6) is 0 Å². The van der Waals surface area contributed by atoms with E-state index in [1.54, 1.807) is 11.9 Å². The number of carbonyl (C=O) groups is 2. The number of hydrogen-bond acceptors (Lipinski definition) is 3. The van der Waals surface area contributed by atoms with Crippen molar-refractivity contribution in [2.75, 3.05) is 7.05 Å². The van der Waals surface area contributed by atoms with Gasteiger partial charge in [-0.05, 0) is 23.3 Å². The maximum atomic E-state index is 13.2. The number of hydrogen-bond donors (Lipinski definition) is 0. The molecule has 0 unspecified atom stereocenters. The van der Waals surface area contributed by atoms with Gasteiger partial charge in [-0.2, -0.15) is 0 Å². The maximum absolute atomic E-state index is 13.2. The molecule has 1 fully saturated rings. The molecule has 26 heavy (non-hydrogen) atoms. The Morgan fingerprint density at radius 2 is 1.62 bits per heavy atom. The number of Topliss-reactive ketones (excluding diaryl/α,β-unsaturated/α-hetero) is 1. The number of thiophene rings is 1. The quantitative estimate of drug-likeness (QED) is 0.636. The van der Waals surface area contributed by atoms with Crippen LogP contribution in [-0.4, -0.2) is 29.7 Å². The fourth-order valence-electron chi connectivity index (χ4n) is 3.60. The summed E-state index contributed by atoms with van der Waals surface area (Å²) in [6.07, 6.45) is 0.383. The number of carbonyl (C=O) groups excluding carboxylic acids is 2. The zero-order valence-electron chi connectivity index (χ0n) is 14.5. The Labute approximate surface area is 156 Å². The molecular formula is C22H19NO2S. The Morgan fingerprint density at radius 1 is 0.962 bits per heavy atom. The van der Waals surface area contributed by atoms with Gasteiger partial charge in [-0.15, -0.1) is 11.3 Å². The molecule has 2 aromatic carbocycles. The summed E-state index contributed by atoms with van der Waals surface area (Å²) < 4.78 is 0. The Morgan fingerprint density at radius 3 is 2.31 bits per heavy atom. The van der Waals surface area contributed by atoms with Gasteiger partial charge in [0, 0.05) is 24.3 Å². The number of likely N-dealkylation sites (N-methyl/N-ethyl adjacent to an activating group) is 1. The third kappa shape index (κ3) is 2.97. The van der Waals surface area contributed by atoms with Crippen molar-refractivity contribution in [2.24, 2.45) is 0 Å². The van der Waals surface area contributed by atoms with Crippen LogP contribution in [0.3, 0.4) is 0 Å². The van der Waals surface area contributed by atoms with Crippen molar-refractivity contribution < 1.29 is 9.59 Å². The molecule has 0 spiro atoms. The fourth-order valence-corrected chi connectivity index (χ4v) is 4.59. The van der Waals surface area contributed by atoms with E-state index in [0.29, 0.717) is 11.3 Å². The summed E-state index contributed by atoms with van der Waals surface area (Å²) in [4.78, 5) is 28.9. The third-order valence-electron chi connectivity index (χ3n) is 4.99. The van der Waals surface area contributed by atoms with Gasteiger partial charge in [0.05, 0.1) is 4.88 Å². The molecule has 0 N–H and O–H groups in total. The van der Waals surface area contributed by atoms with Gasteiger partial charge in [-0.1, -0.05) is 60.7 Å². The second-order valence-electron chi connectivity index (χ2n) is 6.56. The second kappa shape index (κ2) is 6.89. The van der Waals surface area contributed by atoms with Crippen LogP contribution in [0.25, 0.3) is 10.4 Å². The number of benzene rings is 2. The zero-order chi connectivity index (χ0) is 18.1. The van der Waals surface area contributed by atoms with Gasteiger partial charge in [0.2, 0.25) is 5.91 Å². The van der Waals surface area contributed by atoms with Crippen molar-refractivity contribution >= 4 is 23.0 Å². The number of likely N-dealkylation sites (tertiary alicyclic amines) is 1. The minimum atomic E-state index is -0.438. The molecule has 1 saturated heterocycles. The third-order valence-corrected chi connectivity index (χ3v) is 6.14. The molecule has 4 rings (SSSR count). The van der Waals surface area contributed by atoms with Gasteiger partial charge >= 0.3 is 0 Å². The monoisotopic (exact) mass is 361 g/mol. The number of nitrogens with zero attached hydrogens (tertiary/aromatic N) is 1. The Balaban J connectivity index is 1.66. The van der Waals surface area contributed by atoms with Crippen molar-refractivity contribution in [3.63, 3.8) is 0 Å². The van der Waals surface area contributed by atoms with Crippen molar-refractivity contribution in [2.45, 2.75) is 18.4 Å². The fraction of sp³-hybridized carbons (Fsp3) is 0.182. The molecule has 2 heterocycles. The lowest BCUT2D eigenvalue weighted by Crippen LogP contribution is -2.37. The lowest BCUT2D eigenvalue weighted by Gasteiger charge is -2.23. The van der Waals surface area contributed by atoms with Crippen LogP contribution in [-0.2, 0) is 4.79 Å². The normalized spacial score (nSPS) is 19.7. The molecule has 3 nitrogen and oxygen atoms in total. The summed E-state index contributed by atoms with van der Waals surface area (Å²) in [6, 6.07) is 23.3. The average molecular weight is 361 g/mol. The summed E-state index contributed by atoms with van der Waals surface area (Å²) in [7, 11) is 1.74. The highest BCUT2D eigenvalue weighted by Gasteiger charge is 2.43. The molecule has 1 aliphatic rings. The Bertz CT molecular complexity index is 933. The molecule has 0 bridgehead atoms. The van der Waals surface area contributed by atoms with E-state index in [2.05, 4.69) is 0 Å². The van der Waals surface area contributed by atoms with Crippen LogP contribution < -0.4 is 0 Å². The highest BCUT2D eigenvalue weighted by molar-refractivity contribution is 7.17. The maximum Gasteiger partial charge on any atom is 0.223 e. The summed E-state index contributed by atoms with van der Waals surface area (Å²) in [5.41, 5.74) is 2.15. The van der Waals surface area contributed by atoms with Crippen LogP contribution in [0.1, 0.15) is 27.6 Å². The van der Waals surface area contributed by atoms with Crippen LogP contribution >= 0.6 is 11.3 Å². The van der Waals surface area contributed by atoms with E-state index in [1.165, 1.54) is 11.3 Å². The summed E-state index contributed by atoms with van der Waals surface area (Å²) >= 11 is 1.49. The topological polar surface area (TPSA) is 37.4 Å². The minimum Gasteiger partial charge on any atom is -0.335 e. The van der Waals surface area contributed by atoms with Gasteiger partial charge in [-0.3, -0.25) is 9.59 Å². The van der Waals surface area contributed by atoms with E-state index in [9.17, 15) is 9.59 Å². The molecule has 0 aliphatic carbocycles. The molecule has 0 saturated carbocycles. The van der Waals surface area contributed by atoms with E-state index >= 15 is 0 Å². The van der Waals surface area contributed by atoms with Crippen molar-refractivity contribution in [1.82, 2.24) is 4.90 Å². The predicted octanol–water partition coefficient (Wildman–Crippen LogP) is 4.61. The van der Waals surface area contributed by atoms with E-state index in [0.717, 1.165) is 16.0 Å². The first-order chi connectivity index (χ1) is 12.6. The molecular weight excluding hydrogens is 342 g/mol. The van der Waals surface area contributed by atoms with Gasteiger partial charge in [0.15, 0.2) is 5.78 Å². The first kappa shape index (κ1) is 16.7. The number of rotatable bonds is 4. The van der Waals surface area contributed by atoms with E-state index in [1.807, 2.05) is 72.8 Å². The lowest BCUT2D eigenvalue weighted by atomic mass is 9.89. The molecule has 2 atom stereocenters. The highest BCUT2D eigenvalue weighted by Crippen LogP contribution is 2.37. The van der Waals surface area contributed by atoms with Crippen LogP contribution in [0.4, 0.5) is 0 Å². The van der Waals surface area contributed by atoms with Gasteiger partial charge in [0.1, 0.15) is 6.04 Å². The van der Waals surface area contributed by atoms with E-state index in [4.69, 9.17) is 0 Å². The molecule has 1 amide bonds. The summed E-state index contributed by atoms with van der Waals surface area (Å²) in [5, 5.41) is 0. The summed E-state index contributed by atoms with van der Waals surface area (Å²) in [6.45, 7) is 0. The second-order valence-corrected chi connectivity index (χ2v) is 7.65. The Hall–Kier alpha value is -2.72. The van der Waals surface area contributed by atoms with Crippen molar-refractivity contribution in [1.29, 1.82) is 0 Å². The van der Waals surface area contributed by atoms with E-state index < -0.39 is 6.04 Å². The lowest BCUT2D eigenvalue weighted by molar-refractivity contribution is -0.127. The van der Waals surface area contributed by atoms with Gasteiger partial charge < -0.3 is 4.90 Å². The van der Waals surface area contributed by atoms with Crippen LogP contribution in [0.15, 0.2) is 72.8 Å². The van der Waals surface area contributed by atoms with Gasteiger partial charge in [0.25, 0.3) is 0 Å². The number of amides is 1. The Kier molecular flexibility index (Phi) is 4.43. The standard InChI is InChI=1S/C22H19NO2S/c1-23-20(24)14-17(15-8-4-2-5-9-15)21(23)22(25)19-13-12-18(26-19)16-10-6-3-7-11-16/h2-13,17,21H,14H2,1H3/t17-,21-/m1/s1. The zero-order valence-corrected chi connectivity index (χ0v) is 15.3. The first-order valence-corrected chi connectivity index (χ1v) is 9.47. The molecule has 4 heteroatoms. The molecule has 1 aliphatic heterocycles. The van der Waals surface area contributed by atoms with Crippen LogP contribution in [0, 0.1) is 0 Å². The number of ketones is 1. The first-order valence-electron chi connectivity index (χ1n) is 8.65. The molecule has 1 aromatic heterocycles. The molecule has 130 valence electrons. The highest BCUT2D eigenvalue weighted by atomic mass is 32.1.